The van der Waals surface area contributed by atoms with Gasteiger partial charge in [-0.1, -0.05) is 67.8 Å². The summed E-state index contributed by atoms with van der Waals surface area (Å²) in [5.41, 5.74) is 0.0535. The number of halogens is 3. The van der Waals surface area contributed by atoms with E-state index in [0.29, 0.717) is 18.8 Å². The molecule has 0 fully saturated rings. The summed E-state index contributed by atoms with van der Waals surface area (Å²) in [5, 5.41) is 9.35. The molecule has 0 bridgehead atoms. The molecule has 0 aliphatic rings. The fraction of sp³-hybridized carbons (Fsp3) is 0.333. The molecular formula is C27H27F3N2O2. The molecular weight excluding hydrogens is 441 g/mol. The fourth-order valence-electron chi connectivity index (χ4n) is 3.75. The molecule has 34 heavy (non-hydrogen) atoms. The average molecular weight is 469 g/mol. The Morgan fingerprint density at radius 3 is 2.35 bits per heavy atom. The van der Waals surface area contributed by atoms with Gasteiger partial charge in [0.15, 0.2) is 0 Å². The molecule has 4 nitrogen and oxygen atoms in total. The molecule has 0 unspecified atom stereocenters. The van der Waals surface area contributed by atoms with Crippen molar-refractivity contribution in [2.24, 2.45) is 0 Å². The summed E-state index contributed by atoms with van der Waals surface area (Å²) in [4.78, 5) is 13.1. The first kappa shape index (κ1) is 25.3. The number of aromatic nitrogens is 1. The Labute approximate surface area is 197 Å². The van der Waals surface area contributed by atoms with Gasteiger partial charge in [-0.3, -0.25) is 4.79 Å². The fourth-order valence-corrected chi connectivity index (χ4v) is 3.75. The molecule has 0 amide bonds. The first-order chi connectivity index (χ1) is 16.2. The van der Waals surface area contributed by atoms with Crippen LogP contribution < -0.4 is 5.56 Å². The highest BCUT2D eigenvalue weighted by molar-refractivity contribution is 5.63. The largest absolute Gasteiger partial charge is 0.417 e. The van der Waals surface area contributed by atoms with Crippen LogP contribution in [0.1, 0.15) is 54.0 Å². The lowest BCUT2D eigenvalue weighted by Crippen LogP contribution is -2.28. The van der Waals surface area contributed by atoms with Gasteiger partial charge in [-0.2, -0.15) is 18.4 Å². The highest BCUT2D eigenvalue weighted by Crippen LogP contribution is 2.34. The van der Waals surface area contributed by atoms with Crippen LogP contribution in [0.5, 0.6) is 0 Å². The topological polar surface area (TPSA) is 55.0 Å². The lowest BCUT2D eigenvalue weighted by molar-refractivity contribution is -0.137. The van der Waals surface area contributed by atoms with Gasteiger partial charge in [0.2, 0.25) is 0 Å². The van der Waals surface area contributed by atoms with Crippen molar-refractivity contribution >= 4 is 0 Å². The lowest BCUT2D eigenvalue weighted by atomic mass is 10.0. The summed E-state index contributed by atoms with van der Waals surface area (Å²) < 4.78 is 47.9. The number of hydrogen-bond acceptors (Lipinski definition) is 3. The molecule has 3 rings (SSSR count). The van der Waals surface area contributed by atoms with Crippen molar-refractivity contribution < 1.29 is 17.9 Å². The van der Waals surface area contributed by atoms with Crippen LogP contribution in [-0.2, 0) is 24.1 Å². The van der Waals surface area contributed by atoms with Gasteiger partial charge >= 0.3 is 6.18 Å². The third-order valence-corrected chi connectivity index (χ3v) is 5.56. The predicted molar refractivity (Wildman–Crippen MR) is 125 cm³/mol. The van der Waals surface area contributed by atoms with Gasteiger partial charge in [0.05, 0.1) is 24.4 Å². The van der Waals surface area contributed by atoms with Gasteiger partial charge < -0.3 is 9.30 Å². The molecule has 0 aliphatic heterocycles. The summed E-state index contributed by atoms with van der Waals surface area (Å²) >= 11 is 0. The van der Waals surface area contributed by atoms with Crippen LogP contribution in [0.3, 0.4) is 0 Å². The first-order valence-electron chi connectivity index (χ1n) is 11.2. The number of aryl methyl sites for hydroxylation is 1. The summed E-state index contributed by atoms with van der Waals surface area (Å²) in [6.07, 6.45) is -1.57. The van der Waals surface area contributed by atoms with Crippen molar-refractivity contribution in [1.29, 1.82) is 5.26 Å². The van der Waals surface area contributed by atoms with E-state index < -0.39 is 22.9 Å². The molecule has 2 aromatic carbocycles. The molecule has 0 aliphatic carbocycles. The molecule has 0 saturated heterocycles. The number of nitrogens with zero attached hydrogens (tertiary/aromatic N) is 2. The molecule has 1 aromatic heterocycles. The van der Waals surface area contributed by atoms with E-state index in [9.17, 15) is 23.2 Å². The maximum absolute atomic E-state index is 13.7. The van der Waals surface area contributed by atoms with E-state index in [1.165, 1.54) is 10.6 Å². The normalized spacial score (nSPS) is 11.4. The Hall–Kier alpha value is -3.37. The number of rotatable bonds is 9. The average Bonchev–Trinajstić information content (AvgIpc) is 2.80. The molecule has 1 heterocycles. The molecule has 0 spiro atoms. The van der Waals surface area contributed by atoms with E-state index in [4.69, 9.17) is 4.74 Å². The summed E-state index contributed by atoms with van der Waals surface area (Å²) in [6, 6.07) is 16.7. The Balaban J connectivity index is 1.97. The van der Waals surface area contributed by atoms with Crippen LogP contribution in [0.25, 0.3) is 11.3 Å². The molecule has 7 heteroatoms. The van der Waals surface area contributed by atoms with Gasteiger partial charge in [-0.05, 0) is 42.2 Å². The van der Waals surface area contributed by atoms with Gasteiger partial charge in [0.25, 0.3) is 5.56 Å². The standard InChI is InChI=1S/C27H27F3N2O2/c1-3-4-5-13-34-18-21-11-9-20(10-12-21)17-32-25(22-8-6-7-19(2)14-22)15-24(27(28,29)30)23(16-31)26(32)33/h6-12,14-15H,3-5,13,17-18H2,1-2H3. The summed E-state index contributed by atoms with van der Waals surface area (Å²) in [7, 11) is 0. The third kappa shape index (κ3) is 6.15. The van der Waals surface area contributed by atoms with Crippen molar-refractivity contribution in [1.82, 2.24) is 4.57 Å². The van der Waals surface area contributed by atoms with Crippen LogP contribution in [0.4, 0.5) is 13.2 Å². The van der Waals surface area contributed by atoms with E-state index in [2.05, 4.69) is 6.92 Å². The Bertz CT molecular complexity index is 1220. The van der Waals surface area contributed by atoms with Crippen molar-refractivity contribution in [3.63, 3.8) is 0 Å². The van der Waals surface area contributed by atoms with E-state index >= 15 is 0 Å². The zero-order valence-corrected chi connectivity index (χ0v) is 19.3. The maximum Gasteiger partial charge on any atom is 0.417 e. The predicted octanol–water partition coefficient (Wildman–Crippen LogP) is 6.47. The van der Waals surface area contributed by atoms with Crippen molar-refractivity contribution in [3.05, 3.63) is 92.8 Å². The van der Waals surface area contributed by atoms with Gasteiger partial charge in [0, 0.05) is 6.61 Å². The number of unbranched alkanes of at least 4 members (excludes halogenated alkanes) is 2. The quantitative estimate of drug-likeness (QED) is 0.338. The lowest BCUT2D eigenvalue weighted by Gasteiger charge is -2.18. The van der Waals surface area contributed by atoms with Crippen LogP contribution in [0, 0.1) is 18.3 Å². The highest BCUT2D eigenvalue weighted by Gasteiger charge is 2.36. The summed E-state index contributed by atoms with van der Waals surface area (Å²) in [5.74, 6) is 0. The Kier molecular flexibility index (Phi) is 8.30. The van der Waals surface area contributed by atoms with Crippen LogP contribution in [0.2, 0.25) is 0 Å². The molecule has 178 valence electrons. The molecule has 0 saturated carbocycles. The van der Waals surface area contributed by atoms with E-state index in [-0.39, 0.29) is 12.2 Å². The minimum atomic E-state index is -4.82. The van der Waals surface area contributed by atoms with Crippen molar-refractivity contribution in [3.8, 4) is 17.3 Å². The zero-order valence-electron chi connectivity index (χ0n) is 19.3. The number of hydrogen-bond donors (Lipinski definition) is 0. The van der Waals surface area contributed by atoms with E-state index in [1.807, 2.05) is 37.3 Å². The van der Waals surface area contributed by atoms with E-state index in [1.54, 1.807) is 18.2 Å². The Morgan fingerprint density at radius 1 is 1.03 bits per heavy atom. The minimum Gasteiger partial charge on any atom is -0.377 e. The second kappa shape index (κ2) is 11.2. The molecule has 0 atom stereocenters. The number of ether oxygens (including phenoxy) is 1. The maximum atomic E-state index is 13.7. The minimum absolute atomic E-state index is 0.0343. The number of benzene rings is 2. The van der Waals surface area contributed by atoms with Crippen LogP contribution >= 0.6 is 0 Å². The SMILES string of the molecule is CCCCCOCc1ccc(Cn2c(-c3cccc(C)c3)cc(C(F)(F)F)c(C#N)c2=O)cc1. The second-order valence-corrected chi connectivity index (χ2v) is 8.26. The van der Waals surface area contributed by atoms with Gasteiger partial charge in [-0.25, -0.2) is 0 Å². The van der Waals surface area contributed by atoms with Crippen molar-refractivity contribution in [2.45, 2.75) is 52.4 Å². The highest BCUT2D eigenvalue weighted by atomic mass is 19.4. The number of nitriles is 1. The third-order valence-electron chi connectivity index (χ3n) is 5.56. The number of pyridine rings is 1. The monoisotopic (exact) mass is 468 g/mol. The van der Waals surface area contributed by atoms with Crippen LogP contribution in [0.15, 0.2) is 59.4 Å². The zero-order chi connectivity index (χ0) is 24.7. The molecule has 0 radical (unpaired) electrons. The number of alkyl halides is 3. The first-order valence-corrected chi connectivity index (χ1v) is 11.2. The van der Waals surface area contributed by atoms with Crippen LogP contribution in [-0.4, -0.2) is 11.2 Å². The molecule has 0 N–H and O–H groups in total. The van der Waals surface area contributed by atoms with Crippen molar-refractivity contribution in [2.75, 3.05) is 6.61 Å². The van der Waals surface area contributed by atoms with E-state index in [0.717, 1.165) is 42.0 Å². The van der Waals surface area contributed by atoms with Gasteiger partial charge in [-0.15, -0.1) is 0 Å². The summed E-state index contributed by atoms with van der Waals surface area (Å²) in [6.45, 7) is 5.14. The molecule has 3 aromatic rings. The smallest absolute Gasteiger partial charge is 0.377 e. The Morgan fingerprint density at radius 2 is 1.74 bits per heavy atom. The second-order valence-electron chi connectivity index (χ2n) is 8.26. The van der Waals surface area contributed by atoms with Gasteiger partial charge in [0.1, 0.15) is 11.6 Å².